The Bertz CT molecular complexity index is 1980. The molecule has 3 aromatic rings. The maximum atomic E-state index is 14.0. The van der Waals surface area contributed by atoms with Gasteiger partial charge in [0.25, 0.3) is 11.4 Å². The van der Waals surface area contributed by atoms with Crippen LogP contribution in [0.5, 0.6) is 0 Å². The van der Waals surface area contributed by atoms with Gasteiger partial charge in [-0.25, -0.2) is 30.7 Å². The largest absolute Gasteiger partial charge is 0.399 e. The maximum absolute atomic E-state index is 14.0. The fourth-order valence-electron chi connectivity index (χ4n) is 10.7. The summed E-state index contributed by atoms with van der Waals surface area (Å²) in [6.07, 6.45) is 8.49. The van der Waals surface area contributed by atoms with Gasteiger partial charge in [0.1, 0.15) is 11.4 Å². The van der Waals surface area contributed by atoms with Crippen molar-refractivity contribution in [2.75, 3.05) is 54.8 Å². The first kappa shape index (κ1) is 50.3. The Morgan fingerprint density at radius 2 is 0.762 bits per heavy atom. The number of halogens is 8. The van der Waals surface area contributed by atoms with Crippen molar-refractivity contribution >= 4 is 65.1 Å². The summed E-state index contributed by atoms with van der Waals surface area (Å²) in [5.41, 5.74) is 4.29. The van der Waals surface area contributed by atoms with E-state index in [1.54, 1.807) is 41.9 Å². The topological polar surface area (TPSA) is 131 Å². The lowest BCUT2D eigenvalue weighted by atomic mass is 10.2. The zero-order chi connectivity index (χ0) is 44.7. The van der Waals surface area contributed by atoms with Crippen molar-refractivity contribution in [1.29, 1.82) is 0 Å². The highest BCUT2D eigenvalue weighted by Crippen LogP contribution is 2.43. The summed E-state index contributed by atoms with van der Waals surface area (Å²) in [7, 11) is -2.79. The quantitative estimate of drug-likeness (QED) is 0.0660. The fourth-order valence-corrected chi connectivity index (χ4v) is 25.6. The van der Waals surface area contributed by atoms with Crippen molar-refractivity contribution in [1.82, 2.24) is 5.32 Å². The van der Waals surface area contributed by atoms with Crippen LogP contribution < -0.4 is 20.9 Å². The van der Waals surface area contributed by atoms with Gasteiger partial charge in [-0.2, -0.15) is 0 Å². The normalized spacial score (nSPS) is 20.5. The highest BCUT2D eigenvalue weighted by molar-refractivity contribution is 6.81. The molecule has 21 heteroatoms. The predicted molar refractivity (Wildman–Crippen MR) is 244 cm³/mol. The summed E-state index contributed by atoms with van der Waals surface area (Å²) in [6, 6.07) is 21.3. The van der Waals surface area contributed by atoms with Crippen LogP contribution in [0.3, 0.4) is 0 Å². The number of hydrogen-bond donors (Lipinski definition) is 2. The average Bonchev–Trinajstić information content (AvgIpc) is 4.01. The van der Waals surface area contributed by atoms with Crippen LogP contribution in [-0.2, 0) is 0 Å². The molecule has 0 aromatic heterocycles. The number of nitrogen functional groups attached to an aromatic ring is 1. The fraction of sp³-hybridized carbons (Fsp3) is 0.571. The van der Waals surface area contributed by atoms with Crippen LogP contribution >= 0.6 is 12.4 Å². The molecule has 0 saturated carbocycles. The number of nitrogens with one attached hydrogen (secondary N) is 1. The highest BCUT2D eigenvalue weighted by atomic mass is 35.5. The third kappa shape index (κ3) is 12.5. The summed E-state index contributed by atoms with van der Waals surface area (Å²) in [4.78, 5) is 22.4. The van der Waals surface area contributed by atoms with E-state index in [-0.39, 0.29) is 29.5 Å². The van der Waals surface area contributed by atoms with E-state index >= 15 is 0 Å². The Morgan fingerprint density at radius 3 is 1.08 bits per heavy atom. The summed E-state index contributed by atoms with van der Waals surface area (Å²) in [6.45, 7) is 5.65. The summed E-state index contributed by atoms with van der Waals surface area (Å²) in [5.74, 6) is -7.55. The molecule has 3 spiro atoms. The lowest BCUT2D eigenvalue weighted by Crippen LogP contribution is -2.45. The van der Waals surface area contributed by atoms with Gasteiger partial charge >= 0.3 is 0 Å². The molecule has 6 aliphatic rings. The standard InChI is InChI=1S/C14H18F2N2O2Si.C14H20F2N2Si.C8H17NSi.C6H2F3NO2.ClH/c15-12-9-11(18(19)20)10-13(16)14(12)17-3-7-21(8-4-17)5-1-2-6-21;15-12-9-11(17)10-13(16)14(12)18-3-7-19(8-4-18)5-1-2-6-19;1-2-6-10(5-1)7-3-9-4-8-10;7-4-1-3(10(11)12)2-5(8)6(4)9;/h9-10H,1-8H2;9-10H,1-8,17H2;9H,1-8H2;1-2H;1H. The van der Waals surface area contributed by atoms with Crippen LogP contribution in [0, 0.1) is 60.9 Å². The first-order valence-electron chi connectivity index (χ1n) is 21.9. The minimum Gasteiger partial charge on any atom is -0.399 e. The summed E-state index contributed by atoms with van der Waals surface area (Å²) < 4.78 is 92.7. The summed E-state index contributed by atoms with van der Waals surface area (Å²) in [5, 5.41) is 24.1. The third-order valence-electron chi connectivity index (χ3n) is 14.4. The molecule has 0 unspecified atom stereocenters. The number of nitro benzene ring substituents is 2. The minimum atomic E-state index is -1.71. The molecule has 10 nitrogen and oxygen atoms in total. The molecule has 348 valence electrons. The second kappa shape index (κ2) is 22.0. The van der Waals surface area contributed by atoms with Crippen LogP contribution in [0.4, 0.5) is 59.2 Å². The van der Waals surface area contributed by atoms with Crippen LogP contribution in [0.2, 0.25) is 72.5 Å². The zero-order valence-corrected chi connectivity index (χ0v) is 39.3. The Labute approximate surface area is 372 Å². The van der Waals surface area contributed by atoms with Crippen molar-refractivity contribution in [2.24, 2.45) is 0 Å². The number of rotatable bonds is 4. The molecule has 63 heavy (non-hydrogen) atoms. The Morgan fingerprint density at radius 1 is 0.476 bits per heavy atom. The molecule has 0 bridgehead atoms. The van der Waals surface area contributed by atoms with Crippen molar-refractivity contribution in [3.05, 3.63) is 97.3 Å². The summed E-state index contributed by atoms with van der Waals surface area (Å²) >= 11 is 0. The first-order valence-corrected chi connectivity index (χ1v) is 30.4. The van der Waals surface area contributed by atoms with Crippen LogP contribution in [-0.4, -0.2) is 73.3 Å². The predicted octanol–water partition coefficient (Wildman–Crippen LogP) is 11.8. The first-order chi connectivity index (χ1) is 29.5. The van der Waals surface area contributed by atoms with Gasteiger partial charge in [-0.05, 0) is 61.5 Å². The van der Waals surface area contributed by atoms with E-state index < -0.39 is 86.2 Å². The minimum absolute atomic E-state index is 0. The number of nitrogens with two attached hydrogens (primary N) is 1. The molecule has 6 heterocycles. The molecule has 6 aliphatic heterocycles. The lowest BCUT2D eigenvalue weighted by Gasteiger charge is -2.39. The number of non-ortho nitro benzene ring substituents is 2. The monoisotopic (exact) mass is 962 g/mol. The van der Waals surface area contributed by atoms with E-state index in [0.717, 1.165) is 37.3 Å². The maximum Gasteiger partial charge on any atom is 0.275 e. The van der Waals surface area contributed by atoms with Crippen molar-refractivity contribution in [3.8, 4) is 0 Å². The number of anilines is 3. The van der Waals surface area contributed by atoms with Gasteiger partial charge < -0.3 is 20.9 Å². The van der Waals surface area contributed by atoms with Crippen molar-refractivity contribution < 1.29 is 40.6 Å². The third-order valence-corrected chi connectivity index (χ3v) is 30.6. The zero-order valence-electron chi connectivity index (χ0n) is 35.5. The van der Waals surface area contributed by atoms with Crippen LogP contribution in [0.25, 0.3) is 0 Å². The molecule has 9 rings (SSSR count). The Hall–Kier alpha value is -3.73. The van der Waals surface area contributed by atoms with Gasteiger partial charge in [0, 0.05) is 31.9 Å². The van der Waals surface area contributed by atoms with Gasteiger partial charge in [0.05, 0.1) is 58.3 Å². The van der Waals surface area contributed by atoms with Crippen LogP contribution in [0.1, 0.15) is 38.5 Å². The van der Waals surface area contributed by atoms with E-state index in [9.17, 15) is 51.0 Å². The number of benzene rings is 3. The molecule has 6 saturated heterocycles. The van der Waals surface area contributed by atoms with E-state index in [1.807, 2.05) is 4.90 Å². The molecular weight excluding hydrogens is 905 g/mol. The number of nitro groups is 2. The molecule has 0 amide bonds. The smallest absolute Gasteiger partial charge is 0.275 e. The highest BCUT2D eigenvalue weighted by Gasteiger charge is 2.41. The second-order valence-corrected chi connectivity index (χ2v) is 33.2. The average molecular weight is 964 g/mol. The number of hydrogen-bond acceptors (Lipinski definition) is 8. The van der Waals surface area contributed by atoms with E-state index in [1.165, 1.54) is 87.2 Å². The van der Waals surface area contributed by atoms with Gasteiger partial charge in [-0.1, -0.05) is 74.8 Å². The second-order valence-electron chi connectivity index (χ2n) is 18.2. The molecule has 0 aliphatic carbocycles. The van der Waals surface area contributed by atoms with Crippen LogP contribution in [0.15, 0.2) is 36.4 Å². The van der Waals surface area contributed by atoms with Gasteiger partial charge in [0.15, 0.2) is 40.7 Å². The SMILES string of the molecule is C1CC[Si]2(C1)CCNCC2.Cl.Nc1cc(F)c(N2CC[Si]3(CCCC3)CC2)c(F)c1.O=[N+]([O-])c1cc(F)c(F)c(F)c1.O=[N+]([O-])c1cc(F)c(N2CC[Si]3(CCCC3)CC2)c(F)c1. The van der Waals surface area contributed by atoms with Crippen molar-refractivity contribution in [3.63, 3.8) is 0 Å². The lowest BCUT2D eigenvalue weighted by molar-refractivity contribution is -0.385. The van der Waals surface area contributed by atoms with E-state index in [4.69, 9.17) is 5.73 Å². The van der Waals surface area contributed by atoms with Crippen molar-refractivity contribution in [2.45, 2.75) is 111 Å². The van der Waals surface area contributed by atoms with Gasteiger partial charge in [0.2, 0.25) is 0 Å². The molecule has 3 N–H and O–H groups in total. The molecule has 6 fully saturated rings. The Kier molecular flexibility index (Phi) is 17.5. The molecule has 0 radical (unpaired) electrons. The van der Waals surface area contributed by atoms with E-state index in [2.05, 4.69) is 5.32 Å². The van der Waals surface area contributed by atoms with Gasteiger partial charge in [-0.15, -0.1) is 12.4 Å². The number of nitrogens with zero attached hydrogens (tertiary/aromatic N) is 4. The van der Waals surface area contributed by atoms with Gasteiger partial charge in [-0.3, -0.25) is 20.2 Å². The van der Waals surface area contributed by atoms with E-state index in [0.29, 0.717) is 25.2 Å². The molecule has 0 atom stereocenters. The Balaban J connectivity index is 0.000000164. The molecular formula is C42H58ClF7N6O4Si3. The molecule has 3 aromatic carbocycles.